The molecule has 74 valence electrons. The molecule has 0 atom stereocenters. The molecule has 15 heavy (non-hydrogen) atoms. The van der Waals surface area contributed by atoms with Gasteiger partial charge in [0.25, 0.3) is 0 Å². The molecule has 2 aromatic carbocycles. The summed E-state index contributed by atoms with van der Waals surface area (Å²) >= 11 is 0. The SMILES string of the molecule is c1ccc2c(c1)o[pH]oc1ccccc12. The maximum Gasteiger partial charge on any atom is 0.201 e. The van der Waals surface area contributed by atoms with E-state index in [1.54, 1.807) is 0 Å². The molecule has 1 aromatic heterocycles. The Hall–Kier alpha value is -1.66. The van der Waals surface area contributed by atoms with Crippen molar-refractivity contribution in [3.63, 3.8) is 0 Å². The molecule has 3 aromatic rings. The number of fused-ring (bicyclic) bond motifs is 3. The smallest absolute Gasteiger partial charge is 0.201 e. The zero-order chi connectivity index (χ0) is 10.1. The van der Waals surface area contributed by atoms with E-state index in [4.69, 9.17) is 8.39 Å². The summed E-state index contributed by atoms with van der Waals surface area (Å²) in [6, 6.07) is 16.0. The van der Waals surface area contributed by atoms with Gasteiger partial charge < -0.3 is 8.39 Å². The molecule has 2 nitrogen and oxygen atoms in total. The summed E-state index contributed by atoms with van der Waals surface area (Å²) in [6.45, 7) is 0. The number of para-hydroxylation sites is 2. The lowest BCUT2D eigenvalue weighted by atomic mass is 10.1. The zero-order valence-electron chi connectivity index (χ0n) is 7.94. The Kier molecular flexibility index (Phi) is 2.01. The molecule has 0 amide bonds. The monoisotopic (exact) mass is 216 g/mol. The standard InChI is InChI=1S/C12H9O2P/c1-3-7-11-9(5-1)10-6-2-4-8-12(10)14-15-13-11/h1-8,15H. The second kappa shape index (κ2) is 3.48. The molecular formula is C12H9O2P. The molecule has 0 bridgehead atoms. The predicted octanol–water partition coefficient (Wildman–Crippen LogP) is 4.33. The summed E-state index contributed by atoms with van der Waals surface area (Å²) in [6.07, 6.45) is 0. The summed E-state index contributed by atoms with van der Waals surface area (Å²) in [5, 5.41) is 2.19. The first-order valence-corrected chi connectivity index (χ1v) is 5.54. The molecule has 1 heterocycles. The molecule has 0 saturated carbocycles. The molecule has 0 fully saturated rings. The zero-order valence-corrected chi connectivity index (χ0v) is 8.94. The molecule has 0 radical (unpaired) electrons. The van der Waals surface area contributed by atoms with Crippen LogP contribution in [0.1, 0.15) is 0 Å². The van der Waals surface area contributed by atoms with Crippen molar-refractivity contribution in [3.05, 3.63) is 48.5 Å². The van der Waals surface area contributed by atoms with Crippen molar-refractivity contribution in [2.24, 2.45) is 0 Å². The summed E-state index contributed by atoms with van der Waals surface area (Å²) < 4.78 is 11.1. The van der Waals surface area contributed by atoms with Crippen LogP contribution in [0.15, 0.2) is 56.9 Å². The van der Waals surface area contributed by atoms with Crippen LogP contribution in [0, 0.1) is 0 Å². The molecule has 3 heteroatoms. The highest BCUT2D eigenvalue weighted by Gasteiger charge is 1.99. The first kappa shape index (κ1) is 8.63. The van der Waals surface area contributed by atoms with E-state index in [1.807, 2.05) is 48.5 Å². The van der Waals surface area contributed by atoms with Crippen molar-refractivity contribution in [1.29, 1.82) is 0 Å². The third-order valence-corrected chi connectivity index (χ3v) is 2.97. The highest BCUT2D eigenvalue weighted by Crippen LogP contribution is 2.26. The average Bonchev–Trinajstić information content (AvgIpc) is 2.48. The molecule has 0 N–H and O–H groups in total. The Morgan fingerprint density at radius 3 is 1.67 bits per heavy atom. The van der Waals surface area contributed by atoms with Crippen LogP contribution in [0.2, 0.25) is 0 Å². The van der Waals surface area contributed by atoms with Gasteiger partial charge in [-0.25, -0.2) is 0 Å². The highest BCUT2D eigenvalue weighted by atomic mass is 31.1. The van der Waals surface area contributed by atoms with Crippen LogP contribution in [-0.2, 0) is 0 Å². The molecule has 0 unspecified atom stereocenters. The Morgan fingerprint density at radius 2 is 1.13 bits per heavy atom. The minimum atomic E-state index is 0.0288. The largest absolute Gasteiger partial charge is 0.421 e. The van der Waals surface area contributed by atoms with Gasteiger partial charge in [-0.15, -0.1) is 0 Å². The van der Waals surface area contributed by atoms with Crippen LogP contribution < -0.4 is 0 Å². The van der Waals surface area contributed by atoms with E-state index in [9.17, 15) is 0 Å². The predicted molar refractivity (Wildman–Crippen MR) is 63.1 cm³/mol. The van der Waals surface area contributed by atoms with Crippen LogP contribution in [0.5, 0.6) is 0 Å². The lowest BCUT2D eigenvalue weighted by Gasteiger charge is -1.92. The Balaban J connectivity index is 2.65. The molecule has 0 aliphatic rings. The molecule has 0 spiro atoms. The number of hydrogen-bond acceptors (Lipinski definition) is 2. The van der Waals surface area contributed by atoms with Crippen molar-refractivity contribution in [1.82, 2.24) is 0 Å². The minimum absolute atomic E-state index is 0.0288. The summed E-state index contributed by atoms with van der Waals surface area (Å²) in [5.74, 6) is 0. The first-order valence-electron chi connectivity index (χ1n) is 4.72. The van der Waals surface area contributed by atoms with E-state index < -0.39 is 0 Å². The van der Waals surface area contributed by atoms with Crippen LogP contribution in [0.3, 0.4) is 0 Å². The van der Waals surface area contributed by atoms with Crippen molar-refractivity contribution in [2.45, 2.75) is 0 Å². The van der Waals surface area contributed by atoms with Crippen molar-refractivity contribution in [3.8, 4) is 0 Å². The van der Waals surface area contributed by atoms with Gasteiger partial charge in [0, 0.05) is 10.8 Å². The lowest BCUT2D eigenvalue weighted by Crippen LogP contribution is -1.69. The molecular weight excluding hydrogens is 207 g/mol. The Labute approximate surface area is 88.1 Å². The topological polar surface area (TPSA) is 26.3 Å². The van der Waals surface area contributed by atoms with Gasteiger partial charge in [0.05, 0.1) is 0 Å². The van der Waals surface area contributed by atoms with Crippen LogP contribution in [0.4, 0.5) is 0 Å². The van der Waals surface area contributed by atoms with E-state index in [-0.39, 0.29) is 8.67 Å². The Bertz CT molecular complexity index is 588. The van der Waals surface area contributed by atoms with Crippen molar-refractivity contribution < 1.29 is 8.39 Å². The Morgan fingerprint density at radius 1 is 0.667 bits per heavy atom. The summed E-state index contributed by atoms with van der Waals surface area (Å²) in [7, 11) is 0.0288. The van der Waals surface area contributed by atoms with E-state index >= 15 is 0 Å². The fraction of sp³-hybridized carbons (Fsp3) is 0. The second-order valence-electron chi connectivity index (χ2n) is 3.28. The van der Waals surface area contributed by atoms with Gasteiger partial charge in [0.1, 0.15) is 11.2 Å². The fourth-order valence-corrected chi connectivity index (χ4v) is 2.24. The lowest BCUT2D eigenvalue weighted by molar-refractivity contribution is 0.663. The molecule has 0 aliphatic heterocycles. The van der Waals surface area contributed by atoms with Gasteiger partial charge in [0.15, 0.2) is 0 Å². The first-order chi connectivity index (χ1) is 7.45. The van der Waals surface area contributed by atoms with Crippen LogP contribution in [-0.4, -0.2) is 0 Å². The van der Waals surface area contributed by atoms with Crippen molar-refractivity contribution in [2.75, 3.05) is 0 Å². The second-order valence-corrected chi connectivity index (χ2v) is 3.85. The fourth-order valence-electron chi connectivity index (χ4n) is 1.67. The number of rotatable bonds is 0. The third-order valence-electron chi connectivity index (χ3n) is 2.37. The third kappa shape index (κ3) is 1.43. The van der Waals surface area contributed by atoms with Crippen molar-refractivity contribution >= 4 is 30.6 Å². The molecule has 0 aliphatic carbocycles. The average molecular weight is 216 g/mol. The van der Waals surface area contributed by atoms with Gasteiger partial charge in [-0.1, -0.05) is 36.4 Å². The summed E-state index contributed by atoms with van der Waals surface area (Å²) in [5.41, 5.74) is 1.78. The van der Waals surface area contributed by atoms with Gasteiger partial charge in [-0.3, -0.25) is 0 Å². The van der Waals surface area contributed by atoms with Gasteiger partial charge in [0.2, 0.25) is 8.67 Å². The maximum absolute atomic E-state index is 5.54. The molecule has 0 saturated heterocycles. The van der Waals surface area contributed by atoms with Gasteiger partial charge in [-0.05, 0) is 12.1 Å². The number of benzene rings is 2. The highest BCUT2D eigenvalue weighted by molar-refractivity contribution is 7.15. The summed E-state index contributed by atoms with van der Waals surface area (Å²) in [4.78, 5) is 0. The number of hydrogen-bond donors (Lipinski definition) is 0. The van der Waals surface area contributed by atoms with Gasteiger partial charge in [-0.2, -0.15) is 0 Å². The minimum Gasteiger partial charge on any atom is -0.421 e. The van der Waals surface area contributed by atoms with Crippen LogP contribution >= 0.6 is 8.67 Å². The van der Waals surface area contributed by atoms with Crippen LogP contribution in [0.25, 0.3) is 21.9 Å². The van der Waals surface area contributed by atoms with E-state index in [2.05, 4.69) is 0 Å². The quantitative estimate of drug-likeness (QED) is 0.558. The van der Waals surface area contributed by atoms with E-state index in [1.165, 1.54) is 0 Å². The maximum atomic E-state index is 5.54. The van der Waals surface area contributed by atoms with Gasteiger partial charge >= 0.3 is 0 Å². The van der Waals surface area contributed by atoms with E-state index in [0.717, 1.165) is 21.9 Å². The normalized spacial score (nSPS) is 10.7. The van der Waals surface area contributed by atoms with E-state index in [0.29, 0.717) is 0 Å². The molecule has 3 rings (SSSR count).